The number of hydrogen-bond acceptors (Lipinski definition) is 5. The summed E-state index contributed by atoms with van der Waals surface area (Å²) in [6.45, 7) is 0. The maximum Gasteiger partial charge on any atom is 0.339 e. The Balaban J connectivity index is 2.09. The minimum atomic E-state index is -1.09. The molecule has 0 unspecified atom stereocenters. The fourth-order valence-electron chi connectivity index (χ4n) is 2.08. The SMILES string of the molecule is Nc1cnc(Nc2cccc3cccnc23)c(C(=O)O)c1. The largest absolute Gasteiger partial charge is 0.478 e. The second kappa shape index (κ2) is 5.09. The van der Waals surface area contributed by atoms with Crippen LogP contribution in [0.1, 0.15) is 10.4 Å². The van der Waals surface area contributed by atoms with Gasteiger partial charge in [-0.2, -0.15) is 0 Å². The number of para-hydroxylation sites is 1. The summed E-state index contributed by atoms with van der Waals surface area (Å²) >= 11 is 0. The summed E-state index contributed by atoms with van der Waals surface area (Å²) in [6, 6.07) is 10.8. The summed E-state index contributed by atoms with van der Waals surface area (Å²) in [5, 5.41) is 13.2. The summed E-state index contributed by atoms with van der Waals surface area (Å²) in [6.07, 6.45) is 3.09. The van der Waals surface area contributed by atoms with Crippen molar-refractivity contribution < 1.29 is 9.90 Å². The molecule has 0 spiro atoms. The van der Waals surface area contributed by atoms with Crippen LogP contribution in [0.5, 0.6) is 0 Å². The molecule has 0 fully saturated rings. The smallest absolute Gasteiger partial charge is 0.339 e. The molecular weight excluding hydrogens is 268 g/mol. The van der Waals surface area contributed by atoms with Gasteiger partial charge in [-0.15, -0.1) is 0 Å². The molecule has 104 valence electrons. The van der Waals surface area contributed by atoms with Crippen LogP contribution in [0.15, 0.2) is 48.8 Å². The Labute approximate surface area is 120 Å². The molecule has 0 aliphatic heterocycles. The van der Waals surface area contributed by atoms with Gasteiger partial charge in [-0.05, 0) is 18.2 Å². The van der Waals surface area contributed by atoms with E-state index in [0.29, 0.717) is 11.4 Å². The topological polar surface area (TPSA) is 101 Å². The van der Waals surface area contributed by atoms with Gasteiger partial charge in [-0.25, -0.2) is 9.78 Å². The lowest BCUT2D eigenvalue weighted by atomic mass is 10.2. The zero-order valence-electron chi connectivity index (χ0n) is 10.9. The first-order valence-corrected chi connectivity index (χ1v) is 6.25. The number of nitrogens with one attached hydrogen (secondary N) is 1. The number of carboxylic acids is 1. The summed E-state index contributed by atoms with van der Waals surface area (Å²) in [5.74, 6) is -0.861. The molecule has 3 rings (SSSR count). The number of pyridine rings is 2. The molecule has 0 amide bonds. The first-order chi connectivity index (χ1) is 10.1. The highest BCUT2D eigenvalue weighted by Crippen LogP contribution is 2.26. The van der Waals surface area contributed by atoms with Gasteiger partial charge in [-0.1, -0.05) is 18.2 Å². The molecule has 2 aromatic heterocycles. The summed E-state index contributed by atoms with van der Waals surface area (Å²) in [5.41, 5.74) is 7.33. The lowest BCUT2D eigenvalue weighted by molar-refractivity contribution is 0.0697. The highest BCUT2D eigenvalue weighted by molar-refractivity contribution is 5.97. The summed E-state index contributed by atoms with van der Waals surface area (Å²) in [7, 11) is 0. The molecule has 1 aromatic carbocycles. The van der Waals surface area contributed by atoms with Gasteiger partial charge >= 0.3 is 5.97 Å². The van der Waals surface area contributed by atoms with Crippen LogP contribution in [-0.4, -0.2) is 21.0 Å². The third kappa shape index (κ3) is 2.46. The van der Waals surface area contributed by atoms with Gasteiger partial charge in [0.1, 0.15) is 11.4 Å². The molecule has 0 aliphatic rings. The fourth-order valence-corrected chi connectivity index (χ4v) is 2.08. The van der Waals surface area contributed by atoms with Crippen LogP contribution in [0.2, 0.25) is 0 Å². The molecule has 0 radical (unpaired) electrons. The lowest BCUT2D eigenvalue weighted by Crippen LogP contribution is -2.06. The fraction of sp³-hybridized carbons (Fsp3) is 0. The second-order valence-electron chi connectivity index (χ2n) is 4.48. The van der Waals surface area contributed by atoms with Crippen molar-refractivity contribution in [2.75, 3.05) is 11.1 Å². The Bertz CT molecular complexity index is 828. The minimum Gasteiger partial charge on any atom is -0.478 e. The predicted molar refractivity (Wildman–Crippen MR) is 80.6 cm³/mol. The van der Waals surface area contributed by atoms with E-state index in [9.17, 15) is 9.90 Å². The second-order valence-corrected chi connectivity index (χ2v) is 4.48. The number of hydrogen-bond donors (Lipinski definition) is 3. The van der Waals surface area contributed by atoms with Gasteiger partial charge in [-0.3, -0.25) is 4.98 Å². The van der Waals surface area contributed by atoms with Crippen molar-refractivity contribution in [2.45, 2.75) is 0 Å². The van der Waals surface area contributed by atoms with Crippen molar-refractivity contribution in [2.24, 2.45) is 0 Å². The van der Waals surface area contributed by atoms with Crippen molar-refractivity contribution in [3.63, 3.8) is 0 Å². The summed E-state index contributed by atoms with van der Waals surface area (Å²) < 4.78 is 0. The number of nitrogens with two attached hydrogens (primary N) is 1. The number of aromatic nitrogens is 2. The van der Waals surface area contributed by atoms with E-state index in [1.165, 1.54) is 12.3 Å². The summed E-state index contributed by atoms with van der Waals surface area (Å²) in [4.78, 5) is 19.6. The lowest BCUT2D eigenvalue weighted by Gasteiger charge is -2.11. The number of carboxylic acid groups (broad SMARTS) is 1. The molecule has 6 nitrogen and oxygen atoms in total. The molecule has 4 N–H and O–H groups in total. The van der Waals surface area contributed by atoms with E-state index >= 15 is 0 Å². The van der Waals surface area contributed by atoms with Crippen LogP contribution in [0.3, 0.4) is 0 Å². The number of aromatic carboxylic acids is 1. The van der Waals surface area contributed by atoms with E-state index in [2.05, 4.69) is 15.3 Å². The first-order valence-electron chi connectivity index (χ1n) is 6.25. The third-order valence-corrected chi connectivity index (χ3v) is 3.03. The van der Waals surface area contributed by atoms with Crippen molar-refractivity contribution in [3.8, 4) is 0 Å². The normalized spacial score (nSPS) is 10.5. The molecular formula is C15H12N4O2. The average Bonchev–Trinajstić information content (AvgIpc) is 2.49. The van der Waals surface area contributed by atoms with Crippen molar-refractivity contribution in [1.29, 1.82) is 0 Å². The predicted octanol–water partition coefficient (Wildman–Crippen LogP) is 2.65. The van der Waals surface area contributed by atoms with Gasteiger partial charge < -0.3 is 16.2 Å². The van der Waals surface area contributed by atoms with Gasteiger partial charge in [0.2, 0.25) is 0 Å². The maximum atomic E-state index is 11.3. The highest BCUT2D eigenvalue weighted by atomic mass is 16.4. The molecule has 0 saturated heterocycles. The molecule has 6 heteroatoms. The Morgan fingerprint density at radius 3 is 2.81 bits per heavy atom. The van der Waals surface area contributed by atoms with Crippen molar-refractivity contribution in [3.05, 3.63) is 54.4 Å². The van der Waals surface area contributed by atoms with Gasteiger partial charge in [0.25, 0.3) is 0 Å². The van der Waals surface area contributed by atoms with Crippen LogP contribution in [0, 0.1) is 0 Å². The van der Waals surface area contributed by atoms with E-state index in [4.69, 9.17) is 5.73 Å². The molecule has 0 aliphatic carbocycles. The molecule has 0 saturated carbocycles. The van der Waals surface area contributed by atoms with Crippen molar-refractivity contribution in [1.82, 2.24) is 9.97 Å². The third-order valence-electron chi connectivity index (χ3n) is 3.03. The van der Waals surface area contributed by atoms with Crippen LogP contribution in [-0.2, 0) is 0 Å². The molecule has 0 bridgehead atoms. The van der Waals surface area contributed by atoms with E-state index in [1.54, 1.807) is 6.20 Å². The van der Waals surface area contributed by atoms with E-state index in [0.717, 1.165) is 10.9 Å². The molecule has 3 aromatic rings. The van der Waals surface area contributed by atoms with Gasteiger partial charge in [0.05, 0.1) is 23.1 Å². The van der Waals surface area contributed by atoms with Crippen LogP contribution in [0.25, 0.3) is 10.9 Å². The van der Waals surface area contributed by atoms with Crippen LogP contribution < -0.4 is 11.1 Å². The number of benzene rings is 1. The van der Waals surface area contributed by atoms with Gasteiger partial charge in [0.15, 0.2) is 0 Å². The number of nitrogen functional groups attached to an aromatic ring is 1. The van der Waals surface area contributed by atoms with E-state index in [1.807, 2.05) is 30.3 Å². The molecule has 21 heavy (non-hydrogen) atoms. The average molecular weight is 280 g/mol. The Hall–Kier alpha value is -3.15. The van der Waals surface area contributed by atoms with E-state index < -0.39 is 5.97 Å². The number of fused-ring (bicyclic) bond motifs is 1. The number of nitrogens with zero attached hydrogens (tertiary/aromatic N) is 2. The standard InChI is InChI=1S/C15H12N4O2/c16-10-7-11(15(20)21)14(18-8-10)19-12-5-1-3-9-4-2-6-17-13(9)12/h1-8H,16H2,(H,18,19)(H,20,21). The number of anilines is 3. The van der Waals surface area contributed by atoms with Gasteiger partial charge in [0, 0.05) is 11.6 Å². The highest BCUT2D eigenvalue weighted by Gasteiger charge is 2.13. The van der Waals surface area contributed by atoms with E-state index in [-0.39, 0.29) is 11.4 Å². The molecule has 2 heterocycles. The Morgan fingerprint density at radius 1 is 1.19 bits per heavy atom. The minimum absolute atomic E-state index is 0.0166. The zero-order chi connectivity index (χ0) is 14.8. The van der Waals surface area contributed by atoms with Crippen LogP contribution >= 0.6 is 0 Å². The number of carbonyl (C=O) groups is 1. The molecule has 0 atom stereocenters. The maximum absolute atomic E-state index is 11.3. The first kappa shape index (κ1) is 12.9. The zero-order valence-corrected chi connectivity index (χ0v) is 10.9. The van der Waals surface area contributed by atoms with Crippen molar-refractivity contribution >= 4 is 34.1 Å². The Kier molecular flexibility index (Phi) is 3.12. The quantitative estimate of drug-likeness (QED) is 0.681. The Morgan fingerprint density at radius 2 is 2.00 bits per heavy atom. The monoisotopic (exact) mass is 280 g/mol. The number of rotatable bonds is 3. The van der Waals surface area contributed by atoms with Crippen LogP contribution in [0.4, 0.5) is 17.2 Å².